The lowest BCUT2D eigenvalue weighted by Gasteiger charge is -2.21. The number of anilines is 2. The van der Waals surface area contributed by atoms with E-state index in [1.165, 1.54) is 18.2 Å². The van der Waals surface area contributed by atoms with Gasteiger partial charge in [-0.05, 0) is 49.2 Å². The van der Waals surface area contributed by atoms with Crippen molar-refractivity contribution in [3.8, 4) is 0 Å². The Morgan fingerprint density at radius 2 is 1.68 bits per heavy atom. The van der Waals surface area contributed by atoms with Gasteiger partial charge in [0.2, 0.25) is 0 Å². The lowest BCUT2D eigenvalue weighted by molar-refractivity contribution is -0.137. The number of nitrogens with zero attached hydrogens (tertiary/aromatic N) is 1. The Balaban J connectivity index is 1.66. The molecule has 0 spiro atoms. The summed E-state index contributed by atoms with van der Waals surface area (Å²) < 4.78 is 38.1. The molecule has 4 N–H and O–H groups in total. The summed E-state index contributed by atoms with van der Waals surface area (Å²) in [5, 5.41) is 12.0. The summed E-state index contributed by atoms with van der Waals surface area (Å²) in [6.07, 6.45) is -4.78. The SMILES string of the molecule is O=C(NNC(=O)C1CCCN1C(=O)O)c1ccccc1Nc1ccc(C(F)(F)F)cc1. The molecule has 3 rings (SSSR count). The first kappa shape index (κ1) is 21.9. The Morgan fingerprint density at radius 1 is 1.00 bits per heavy atom. The maximum atomic E-state index is 12.7. The fraction of sp³-hybridized carbons (Fsp3) is 0.250. The zero-order valence-electron chi connectivity index (χ0n) is 16.1. The maximum Gasteiger partial charge on any atom is 0.416 e. The van der Waals surface area contributed by atoms with E-state index < -0.39 is 35.7 Å². The van der Waals surface area contributed by atoms with Crippen LogP contribution in [0.5, 0.6) is 0 Å². The molecule has 1 saturated heterocycles. The zero-order valence-corrected chi connectivity index (χ0v) is 16.1. The molecular weight excluding hydrogens is 417 g/mol. The summed E-state index contributed by atoms with van der Waals surface area (Å²) in [4.78, 5) is 36.9. The first-order valence-electron chi connectivity index (χ1n) is 9.30. The van der Waals surface area contributed by atoms with E-state index in [1.807, 2.05) is 0 Å². The molecule has 11 heteroatoms. The number of amides is 3. The van der Waals surface area contributed by atoms with Gasteiger partial charge >= 0.3 is 12.3 Å². The van der Waals surface area contributed by atoms with Crippen molar-refractivity contribution in [3.63, 3.8) is 0 Å². The molecule has 1 atom stereocenters. The minimum atomic E-state index is -4.45. The highest BCUT2D eigenvalue weighted by molar-refractivity contribution is 6.01. The first-order chi connectivity index (χ1) is 14.7. The van der Waals surface area contributed by atoms with E-state index in [4.69, 9.17) is 5.11 Å². The quantitative estimate of drug-likeness (QED) is 0.550. The zero-order chi connectivity index (χ0) is 22.6. The second kappa shape index (κ2) is 8.94. The van der Waals surface area contributed by atoms with Crippen molar-refractivity contribution in [3.05, 3.63) is 59.7 Å². The third-order valence-corrected chi connectivity index (χ3v) is 4.76. The number of carbonyl (C=O) groups excluding carboxylic acids is 2. The lowest BCUT2D eigenvalue weighted by atomic mass is 10.1. The van der Waals surface area contributed by atoms with Crippen LogP contribution in [0, 0.1) is 0 Å². The van der Waals surface area contributed by atoms with Crippen molar-refractivity contribution >= 4 is 29.3 Å². The molecule has 0 saturated carbocycles. The number of hydrogen-bond acceptors (Lipinski definition) is 4. The number of likely N-dealkylation sites (tertiary alicyclic amines) is 1. The summed E-state index contributed by atoms with van der Waals surface area (Å²) in [5.74, 6) is -1.33. The Labute approximate surface area is 175 Å². The molecule has 1 aliphatic rings. The smallest absolute Gasteiger partial charge is 0.416 e. The topological polar surface area (TPSA) is 111 Å². The average Bonchev–Trinajstić information content (AvgIpc) is 3.22. The van der Waals surface area contributed by atoms with E-state index in [1.54, 1.807) is 18.2 Å². The van der Waals surface area contributed by atoms with Crippen molar-refractivity contribution in [2.45, 2.75) is 25.1 Å². The van der Waals surface area contributed by atoms with Gasteiger partial charge in [-0.15, -0.1) is 0 Å². The molecular formula is C20H19F3N4O4. The molecule has 0 aromatic heterocycles. The van der Waals surface area contributed by atoms with Crippen LogP contribution < -0.4 is 16.2 Å². The van der Waals surface area contributed by atoms with Crippen LogP contribution in [0.3, 0.4) is 0 Å². The van der Waals surface area contributed by atoms with Gasteiger partial charge in [0.15, 0.2) is 0 Å². The molecule has 8 nitrogen and oxygen atoms in total. The molecule has 2 aromatic rings. The second-order valence-corrected chi connectivity index (χ2v) is 6.82. The number of halogens is 3. The average molecular weight is 436 g/mol. The highest BCUT2D eigenvalue weighted by Gasteiger charge is 2.34. The largest absolute Gasteiger partial charge is 0.465 e. The van der Waals surface area contributed by atoms with E-state index >= 15 is 0 Å². The van der Waals surface area contributed by atoms with Crippen molar-refractivity contribution in [1.29, 1.82) is 0 Å². The predicted octanol–water partition coefficient (Wildman–Crippen LogP) is 3.35. The molecule has 1 heterocycles. The highest BCUT2D eigenvalue weighted by atomic mass is 19.4. The number of benzene rings is 2. The standard InChI is InChI=1S/C20H19F3N4O4/c21-20(22,23)12-7-9-13(10-8-12)24-15-5-2-1-4-14(15)17(28)25-26-18(29)16-6-3-11-27(16)19(30)31/h1-2,4-5,7-10,16,24H,3,6,11H2,(H,25,28)(H,26,29)(H,30,31). The number of para-hydroxylation sites is 1. The van der Waals surface area contributed by atoms with Gasteiger partial charge in [0.25, 0.3) is 11.8 Å². The molecule has 1 aliphatic heterocycles. The fourth-order valence-corrected chi connectivity index (χ4v) is 3.23. The van der Waals surface area contributed by atoms with E-state index in [0.717, 1.165) is 17.0 Å². The van der Waals surface area contributed by atoms with Gasteiger partial charge in [-0.25, -0.2) is 4.79 Å². The van der Waals surface area contributed by atoms with Crippen molar-refractivity contribution in [2.75, 3.05) is 11.9 Å². The molecule has 3 amide bonds. The van der Waals surface area contributed by atoms with Crippen LogP contribution in [0.15, 0.2) is 48.5 Å². The molecule has 0 bridgehead atoms. The second-order valence-electron chi connectivity index (χ2n) is 6.82. The maximum absolute atomic E-state index is 12.7. The Morgan fingerprint density at radius 3 is 2.32 bits per heavy atom. The van der Waals surface area contributed by atoms with Gasteiger partial charge in [0.1, 0.15) is 6.04 Å². The van der Waals surface area contributed by atoms with Crippen molar-refractivity contribution in [2.24, 2.45) is 0 Å². The van der Waals surface area contributed by atoms with Crippen molar-refractivity contribution in [1.82, 2.24) is 15.8 Å². The Hall–Kier alpha value is -3.76. The molecule has 1 unspecified atom stereocenters. The minimum Gasteiger partial charge on any atom is -0.465 e. The molecule has 164 valence electrons. The molecule has 0 aliphatic carbocycles. The van der Waals surface area contributed by atoms with E-state index in [0.29, 0.717) is 24.2 Å². The number of carbonyl (C=O) groups is 3. The summed E-state index contributed by atoms with van der Waals surface area (Å²) in [6.45, 7) is 0.237. The van der Waals surface area contributed by atoms with Crippen LogP contribution in [0.4, 0.5) is 29.3 Å². The van der Waals surface area contributed by atoms with Crippen LogP contribution in [0.1, 0.15) is 28.8 Å². The number of rotatable bonds is 4. The fourth-order valence-electron chi connectivity index (χ4n) is 3.23. The summed E-state index contributed by atoms with van der Waals surface area (Å²) in [7, 11) is 0. The third-order valence-electron chi connectivity index (χ3n) is 4.76. The number of hydrogen-bond donors (Lipinski definition) is 4. The lowest BCUT2D eigenvalue weighted by Crippen LogP contribution is -2.51. The molecule has 0 radical (unpaired) electrons. The van der Waals surface area contributed by atoms with Crippen LogP contribution in [0.25, 0.3) is 0 Å². The molecule has 2 aromatic carbocycles. The van der Waals surface area contributed by atoms with E-state index in [-0.39, 0.29) is 12.1 Å². The van der Waals surface area contributed by atoms with Gasteiger partial charge in [-0.2, -0.15) is 13.2 Å². The Kier molecular flexibility index (Phi) is 6.33. The van der Waals surface area contributed by atoms with E-state index in [2.05, 4.69) is 16.2 Å². The summed E-state index contributed by atoms with van der Waals surface area (Å²) >= 11 is 0. The number of alkyl halides is 3. The van der Waals surface area contributed by atoms with Crippen LogP contribution in [-0.2, 0) is 11.0 Å². The number of nitrogens with one attached hydrogen (secondary N) is 3. The monoisotopic (exact) mass is 436 g/mol. The Bertz CT molecular complexity index is 979. The van der Waals surface area contributed by atoms with E-state index in [9.17, 15) is 27.6 Å². The molecule has 1 fully saturated rings. The van der Waals surface area contributed by atoms with Gasteiger partial charge in [0.05, 0.1) is 16.8 Å². The van der Waals surface area contributed by atoms with Gasteiger partial charge in [-0.3, -0.25) is 25.3 Å². The number of hydrazine groups is 1. The van der Waals surface area contributed by atoms with Gasteiger partial charge in [0, 0.05) is 12.2 Å². The van der Waals surface area contributed by atoms with Gasteiger partial charge < -0.3 is 10.4 Å². The molecule has 31 heavy (non-hydrogen) atoms. The summed E-state index contributed by atoms with van der Waals surface area (Å²) in [5.41, 5.74) is 4.44. The van der Waals surface area contributed by atoms with Crippen LogP contribution >= 0.6 is 0 Å². The third kappa shape index (κ3) is 5.24. The van der Waals surface area contributed by atoms with Crippen LogP contribution in [-0.4, -0.2) is 40.5 Å². The first-order valence-corrected chi connectivity index (χ1v) is 9.30. The van der Waals surface area contributed by atoms with Crippen molar-refractivity contribution < 1.29 is 32.7 Å². The minimum absolute atomic E-state index is 0.129. The normalized spacial score (nSPS) is 16.0. The highest BCUT2D eigenvalue weighted by Crippen LogP contribution is 2.30. The number of carboxylic acid groups (broad SMARTS) is 1. The van der Waals surface area contributed by atoms with Gasteiger partial charge in [-0.1, -0.05) is 12.1 Å². The van der Waals surface area contributed by atoms with Crippen LogP contribution in [0.2, 0.25) is 0 Å². The summed E-state index contributed by atoms with van der Waals surface area (Å²) in [6, 6.07) is 9.65. The predicted molar refractivity (Wildman–Crippen MR) is 105 cm³/mol.